The van der Waals surface area contributed by atoms with E-state index in [1.807, 2.05) is 0 Å². The molecule has 0 aromatic heterocycles. The lowest BCUT2D eigenvalue weighted by Gasteiger charge is -2.31. The molecule has 1 saturated heterocycles. The monoisotopic (exact) mass is 291 g/mol. The molecule has 0 spiro atoms. The van der Waals surface area contributed by atoms with Crippen molar-refractivity contribution in [1.29, 1.82) is 0 Å². The van der Waals surface area contributed by atoms with Crippen molar-refractivity contribution < 1.29 is 19.1 Å². The van der Waals surface area contributed by atoms with Crippen molar-refractivity contribution in [2.24, 2.45) is 5.92 Å². The number of hydrogen-bond acceptors (Lipinski definition) is 2. The first-order chi connectivity index (χ1) is 10.0. The molecule has 1 unspecified atom stereocenters. The molecule has 1 fully saturated rings. The zero-order chi connectivity index (χ0) is 15.2. The van der Waals surface area contributed by atoms with Crippen molar-refractivity contribution in [3.63, 3.8) is 0 Å². The molecule has 1 aliphatic rings. The third-order valence-electron chi connectivity index (χ3n) is 3.58. The second-order valence-electron chi connectivity index (χ2n) is 5.28. The highest BCUT2D eigenvalue weighted by Gasteiger charge is 2.23. The van der Waals surface area contributed by atoms with Crippen LogP contribution in [-0.2, 0) is 9.59 Å². The quantitative estimate of drug-likeness (QED) is 0.867. The van der Waals surface area contributed by atoms with Crippen LogP contribution in [0.3, 0.4) is 0 Å². The van der Waals surface area contributed by atoms with Gasteiger partial charge in [0.15, 0.2) is 0 Å². The largest absolute Gasteiger partial charge is 0.481 e. The van der Waals surface area contributed by atoms with Crippen LogP contribution in [0.15, 0.2) is 30.3 Å². The Balaban J connectivity index is 1.93. The summed E-state index contributed by atoms with van der Waals surface area (Å²) in [5.74, 6) is -1.24. The van der Waals surface area contributed by atoms with Crippen molar-refractivity contribution in [3.05, 3.63) is 41.7 Å². The molecule has 1 aromatic carbocycles. The van der Waals surface area contributed by atoms with Crippen LogP contribution in [-0.4, -0.2) is 35.0 Å². The van der Waals surface area contributed by atoms with E-state index in [0.717, 1.165) is 18.4 Å². The van der Waals surface area contributed by atoms with E-state index in [1.165, 1.54) is 18.2 Å². The first kappa shape index (κ1) is 15.2. The second kappa shape index (κ2) is 7.02. The van der Waals surface area contributed by atoms with Crippen LogP contribution in [0.2, 0.25) is 0 Å². The Morgan fingerprint density at radius 1 is 1.33 bits per heavy atom. The van der Waals surface area contributed by atoms with Crippen LogP contribution in [0, 0.1) is 11.7 Å². The highest BCUT2D eigenvalue weighted by Crippen LogP contribution is 2.20. The minimum Gasteiger partial charge on any atom is -0.481 e. The third-order valence-corrected chi connectivity index (χ3v) is 3.58. The normalized spacial score (nSPS) is 18.9. The molecule has 1 amide bonds. The fourth-order valence-electron chi connectivity index (χ4n) is 2.53. The van der Waals surface area contributed by atoms with E-state index in [2.05, 4.69) is 0 Å². The number of rotatable bonds is 4. The van der Waals surface area contributed by atoms with Crippen molar-refractivity contribution in [2.75, 3.05) is 13.1 Å². The minimum absolute atomic E-state index is 0.0272. The average Bonchev–Trinajstić information content (AvgIpc) is 2.46. The summed E-state index contributed by atoms with van der Waals surface area (Å²) in [5, 5.41) is 8.82. The maximum absolute atomic E-state index is 12.8. The van der Waals surface area contributed by atoms with Gasteiger partial charge in [-0.3, -0.25) is 9.59 Å². The predicted octanol–water partition coefficient (Wildman–Crippen LogP) is 2.55. The number of carboxylic acid groups (broad SMARTS) is 1. The third kappa shape index (κ3) is 4.70. The number of carbonyl (C=O) groups excluding carboxylic acids is 1. The van der Waals surface area contributed by atoms with Gasteiger partial charge in [0.25, 0.3) is 0 Å². The lowest BCUT2D eigenvalue weighted by molar-refractivity contribution is -0.139. The topological polar surface area (TPSA) is 57.6 Å². The van der Waals surface area contributed by atoms with Crippen LogP contribution in [0.1, 0.15) is 24.8 Å². The van der Waals surface area contributed by atoms with Crippen LogP contribution >= 0.6 is 0 Å². The number of aliphatic carboxylic acids is 1. The number of carbonyl (C=O) groups is 2. The Morgan fingerprint density at radius 3 is 2.71 bits per heavy atom. The summed E-state index contributed by atoms with van der Waals surface area (Å²) in [7, 11) is 0. The molecule has 112 valence electrons. The molecular weight excluding hydrogens is 273 g/mol. The van der Waals surface area contributed by atoms with Gasteiger partial charge >= 0.3 is 5.97 Å². The molecule has 1 atom stereocenters. The van der Waals surface area contributed by atoms with Gasteiger partial charge in [-0.1, -0.05) is 12.1 Å². The highest BCUT2D eigenvalue weighted by atomic mass is 19.1. The molecule has 0 saturated carbocycles. The van der Waals surface area contributed by atoms with Gasteiger partial charge in [0.05, 0.1) is 0 Å². The lowest BCUT2D eigenvalue weighted by atomic mass is 9.95. The fourth-order valence-corrected chi connectivity index (χ4v) is 2.53. The van der Waals surface area contributed by atoms with Crippen molar-refractivity contribution >= 4 is 18.0 Å². The van der Waals surface area contributed by atoms with Gasteiger partial charge in [-0.25, -0.2) is 4.39 Å². The molecule has 0 aliphatic carbocycles. The smallest absolute Gasteiger partial charge is 0.303 e. The zero-order valence-corrected chi connectivity index (χ0v) is 11.7. The van der Waals surface area contributed by atoms with E-state index in [4.69, 9.17) is 5.11 Å². The Morgan fingerprint density at radius 2 is 2.05 bits per heavy atom. The molecule has 0 radical (unpaired) electrons. The van der Waals surface area contributed by atoms with E-state index in [9.17, 15) is 14.0 Å². The summed E-state index contributed by atoms with van der Waals surface area (Å²) in [4.78, 5) is 24.5. The number of amides is 1. The van der Waals surface area contributed by atoms with Crippen LogP contribution < -0.4 is 0 Å². The van der Waals surface area contributed by atoms with Gasteiger partial charge < -0.3 is 10.0 Å². The van der Waals surface area contributed by atoms with Crippen molar-refractivity contribution in [1.82, 2.24) is 4.90 Å². The maximum atomic E-state index is 12.8. The highest BCUT2D eigenvalue weighted by molar-refractivity contribution is 5.91. The molecule has 21 heavy (non-hydrogen) atoms. The molecule has 1 N–H and O–H groups in total. The molecule has 4 nitrogen and oxygen atoms in total. The molecule has 1 heterocycles. The summed E-state index contributed by atoms with van der Waals surface area (Å²) in [6, 6.07) is 5.88. The van der Waals surface area contributed by atoms with E-state index in [-0.39, 0.29) is 24.1 Å². The number of benzene rings is 1. The van der Waals surface area contributed by atoms with E-state index in [0.29, 0.717) is 13.1 Å². The number of piperidine rings is 1. The van der Waals surface area contributed by atoms with Gasteiger partial charge in [-0.15, -0.1) is 0 Å². The van der Waals surface area contributed by atoms with Crippen LogP contribution in [0.5, 0.6) is 0 Å². The number of halogens is 1. The van der Waals surface area contributed by atoms with Crippen molar-refractivity contribution in [2.45, 2.75) is 19.3 Å². The minimum atomic E-state index is -0.823. The predicted molar refractivity (Wildman–Crippen MR) is 77.0 cm³/mol. The Bertz CT molecular complexity index is 539. The van der Waals surface area contributed by atoms with Gasteiger partial charge in [-0.05, 0) is 42.5 Å². The van der Waals surface area contributed by atoms with E-state index >= 15 is 0 Å². The van der Waals surface area contributed by atoms with Gasteiger partial charge in [-0.2, -0.15) is 0 Å². The van der Waals surface area contributed by atoms with Gasteiger partial charge in [0.1, 0.15) is 5.82 Å². The maximum Gasteiger partial charge on any atom is 0.303 e. The van der Waals surface area contributed by atoms with Crippen molar-refractivity contribution in [3.8, 4) is 0 Å². The van der Waals surface area contributed by atoms with E-state index in [1.54, 1.807) is 23.1 Å². The summed E-state index contributed by atoms with van der Waals surface area (Å²) < 4.78 is 12.8. The zero-order valence-electron chi connectivity index (χ0n) is 11.7. The van der Waals surface area contributed by atoms with Gasteiger partial charge in [0, 0.05) is 25.6 Å². The fraction of sp³-hybridized carbons (Fsp3) is 0.375. The second-order valence-corrected chi connectivity index (χ2v) is 5.28. The lowest BCUT2D eigenvalue weighted by Crippen LogP contribution is -2.39. The first-order valence-corrected chi connectivity index (χ1v) is 6.99. The number of carboxylic acids is 1. The standard InChI is InChI=1S/C16H18FNO3/c17-14-6-3-12(4-7-14)5-8-15(19)18-9-1-2-13(11-18)10-16(20)21/h3-8,13H,1-2,9-11H2,(H,20,21). The number of likely N-dealkylation sites (tertiary alicyclic amines) is 1. The molecule has 5 heteroatoms. The Hall–Kier alpha value is -2.17. The number of nitrogens with zero attached hydrogens (tertiary/aromatic N) is 1. The molecule has 0 bridgehead atoms. The molecular formula is C16H18FNO3. The summed E-state index contributed by atoms with van der Waals surface area (Å²) >= 11 is 0. The SMILES string of the molecule is O=C(O)CC1CCCN(C(=O)C=Cc2ccc(F)cc2)C1. The Labute approximate surface area is 122 Å². The summed E-state index contributed by atoms with van der Waals surface area (Å²) in [6.45, 7) is 1.14. The van der Waals surface area contributed by atoms with E-state index < -0.39 is 5.97 Å². The average molecular weight is 291 g/mol. The van der Waals surface area contributed by atoms with Gasteiger partial charge in [0.2, 0.25) is 5.91 Å². The summed E-state index contributed by atoms with van der Waals surface area (Å²) in [5.41, 5.74) is 0.754. The summed E-state index contributed by atoms with van der Waals surface area (Å²) in [6.07, 6.45) is 4.87. The van der Waals surface area contributed by atoms with Crippen LogP contribution in [0.25, 0.3) is 6.08 Å². The molecule has 1 aromatic rings. The number of hydrogen-bond donors (Lipinski definition) is 1. The van der Waals surface area contributed by atoms with Crippen LogP contribution in [0.4, 0.5) is 4.39 Å². The Kier molecular flexibility index (Phi) is 5.09. The first-order valence-electron chi connectivity index (χ1n) is 6.99. The molecule has 1 aliphatic heterocycles. The molecule has 2 rings (SSSR count).